The van der Waals surface area contributed by atoms with Gasteiger partial charge in [-0.25, -0.2) is 0 Å². The Hall–Kier alpha value is -2.31. The number of hydrogen-bond acceptors (Lipinski definition) is 5. The summed E-state index contributed by atoms with van der Waals surface area (Å²) in [4.78, 5) is 12.7. The standard InChI is InChI=1S/C29H44O5Si/c1-20(2)11-10-15-29(6)16-14-24-27(33-19-32-17-18-35(7,8)9)23(13-12-21(3)4)26(31)25(22(5)30)28(24)34-29/h11-12,14,16,31H,10,13,15,17-19H2,1-9H3. The number of ketones is 1. The van der Waals surface area contributed by atoms with Crippen LogP contribution in [0.25, 0.3) is 6.08 Å². The van der Waals surface area contributed by atoms with Gasteiger partial charge in [-0.3, -0.25) is 4.79 Å². The zero-order valence-corrected chi connectivity index (χ0v) is 24.1. The number of carbonyl (C=O) groups excluding carboxylic acids is 1. The Balaban J connectivity index is 2.49. The summed E-state index contributed by atoms with van der Waals surface area (Å²) >= 11 is 0. The fourth-order valence-electron chi connectivity index (χ4n) is 3.86. The Kier molecular flexibility index (Phi) is 9.99. The molecule has 0 saturated carbocycles. The second-order valence-electron chi connectivity index (χ2n) is 11.4. The van der Waals surface area contributed by atoms with Crippen molar-refractivity contribution in [3.63, 3.8) is 0 Å². The number of aromatic hydroxyl groups is 1. The van der Waals surface area contributed by atoms with Crippen molar-refractivity contribution in [2.45, 2.75) is 92.1 Å². The molecule has 5 nitrogen and oxygen atoms in total. The van der Waals surface area contributed by atoms with Gasteiger partial charge in [0.25, 0.3) is 0 Å². The van der Waals surface area contributed by atoms with Crippen molar-refractivity contribution in [1.82, 2.24) is 0 Å². The normalized spacial score (nSPS) is 16.8. The summed E-state index contributed by atoms with van der Waals surface area (Å²) in [6.45, 7) is 19.2. The lowest BCUT2D eigenvalue weighted by Crippen LogP contribution is -2.33. The van der Waals surface area contributed by atoms with Crippen LogP contribution in [0.15, 0.2) is 29.4 Å². The molecule has 1 unspecified atom stereocenters. The van der Waals surface area contributed by atoms with Crippen LogP contribution in [0.3, 0.4) is 0 Å². The summed E-state index contributed by atoms with van der Waals surface area (Å²) in [5.41, 5.74) is 3.24. The van der Waals surface area contributed by atoms with Crippen molar-refractivity contribution in [3.05, 3.63) is 46.1 Å². The molecule has 1 aliphatic rings. The van der Waals surface area contributed by atoms with Crippen LogP contribution in [-0.4, -0.2) is 38.0 Å². The van der Waals surface area contributed by atoms with Gasteiger partial charge in [0.2, 0.25) is 0 Å². The molecule has 194 valence electrons. The van der Waals surface area contributed by atoms with E-state index in [0.29, 0.717) is 35.7 Å². The number of allylic oxidation sites excluding steroid dienone is 4. The van der Waals surface area contributed by atoms with Gasteiger partial charge in [-0.05, 0) is 79.0 Å². The SMILES string of the molecule is CC(=O)c1c(O)c(CC=C(C)C)c(OCOCC[Si](C)(C)C)c2c1OC(C)(CCC=C(C)C)C=C2. The lowest BCUT2D eigenvalue weighted by Gasteiger charge is -2.34. The Morgan fingerprint density at radius 3 is 2.34 bits per heavy atom. The predicted molar refractivity (Wildman–Crippen MR) is 148 cm³/mol. The maximum absolute atomic E-state index is 12.7. The lowest BCUT2D eigenvalue weighted by atomic mass is 9.90. The van der Waals surface area contributed by atoms with Crippen LogP contribution in [0.5, 0.6) is 17.2 Å². The van der Waals surface area contributed by atoms with Crippen molar-refractivity contribution < 1.29 is 24.1 Å². The molecule has 1 aromatic carbocycles. The lowest BCUT2D eigenvalue weighted by molar-refractivity contribution is 0.0208. The molecule has 1 N–H and O–H groups in total. The number of ether oxygens (including phenoxy) is 3. The first-order valence-corrected chi connectivity index (χ1v) is 16.2. The van der Waals surface area contributed by atoms with Gasteiger partial charge in [0.1, 0.15) is 28.4 Å². The first-order chi connectivity index (χ1) is 16.2. The van der Waals surface area contributed by atoms with Crippen LogP contribution >= 0.6 is 0 Å². The third kappa shape index (κ3) is 8.39. The van der Waals surface area contributed by atoms with E-state index in [1.54, 1.807) is 0 Å². The minimum absolute atomic E-state index is 0.0727. The van der Waals surface area contributed by atoms with E-state index in [9.17, 15) is 9.90 Å². The largest absolute Gasteiger partial charge is 0.507 e. The number of phenolic OH excluding ortho intramolecular Hbond substituents is 1. The molecule has 0 bridgehead atoms. The van der Waals surface area contributed by atoms with E-state index in [2.05, 4.69) is 39.6 Å². The molecule has 0 saturated heterocycles. The van der Waals surface area contributed by atoms with Crippen LogP contribution in [-0.2, 0) is 11.2 Å². The van der Waals surface area contributed by atoms with E-state index < -0.39 is 13.7 Å². The smallest absolute Gasteiger partial charge is 0.189 e. The molecular weight excluding hydrogens is 456 g/mol. The van der Waals surface area contributed by atoms with Gasteiger partial charge in [-0.15, -0.1) is 0 Å². The van der Waals surface area contributed by atoms with Crippen LogP contribution in [0.4, 0.5) is 0 Å². The molecule has 0 aliphatic carbocycles. The Morgan fingerprint density at radius 1 is 1.11 bits per heavy atom. The first-order valence-electron chi connectivity index (χ1n) is 12.5. The molecule has 1 atom stereocenters. The average molecular weight is 501 g/mol. The van der Waals surface area contributed by atoms with Crippen molar-refractivity contribution in [3.8, 4) is 17.2 Å². The van der Waals surface area contributed by atoms with Crippen molar-refractivity contribution in [2.24, 2.45) is 0 Å². The van der Waals surface area contributed by atoms with Gasteiger partial charge >= 0.3 is 0 Å². The van der Waals surface area contributed by atoms with E-state index in [1.807, 2.05) is 39.0 Å². The highest BCUT2D eigenvalue weighted by Crippen LogP contribution is 2.48. The van der Waals surface area contributed by atoms with Gasteiger partial charge in [0.05, 0.1) is 5.56 Å². The quantitative estimate of drug-likeness (QED) is 0.105. The molecule has 0 aromatic heterocycles. The molecule has 0 amide bonds. The topological polar surface area (TPSA) is 65.0 Å². The summed E-state index contributed by atoms with van der Waals surface area (Å²) in [6.07, 6.45) is 10.2. The van der Waals surface area contributed by atoms with E-state index in [0.717, 1.165) is 24.5 Å². The monoisotopic (exact) mass is 500 g/mol. The Labute approximate surface area is 212 Å². The van der Waals surface area contributed by atoms with Gasteiger partial charge in [-0.2, -0.15) is 0 Å². The minimum atomic E-state index is -1.21. The fourth-order valence-corrected chi connectivity index (χ4v) is 4.61. The molecule has 0 radical (unpaired) electrons. The number of phenols is 1. The highest BCUT2D eigenvalue weighted by molar-refractivity contribution is 6.76. The third-order valence-corrected chi connectivity index (χ3v) is 7.70. The van der Waals surface area contributed by atoms with E-state index in [-0.39, 0.29) is 23.9 Å². The number of benzene rings is 1. The molecule has 6 heteroatoms. The molecule has 1 aliphatic heterocycles. The highest BCUT2D eigenvalue weighted by Gasteiger charge is 2.34. The van der Waals surface area contributed by atoms with Crippen molar-refractivity contribution in [1.29, 1.82) is 0 Å². The van der Waals surface area contributed by atoms with Crippen LogP contribution in [0.2, 0.25) is 25.7 Å². The van der Waals surface area contributed by atoms with Gasteiger partial charge in [0.15, 0.2) is 12.6 Å². The highest BCUT2D eigenvalue weighted by atomic mass is 28.3. The molecular formula is C29H44O5Si. The zero-order chi connectivity index (χ0) is 26.4. The predicted octanol–water partition coefficient (Wildman–Crippen LogP) is 7.71. The molecule has 35 heavy (non-hydrogen) atoms. The number of hydrogen-bond donors (Lipinski definition) is 1. The molecule has 2 rings (SSSR count). The number of carbonyl (C=O) groups is 1. The summed E-state index contributed by atoms with van der Waals surface area (Å²) in [6, 6.07) is 1.04. The van der Waals surface area contributed by atoms with Crippen molar-refractivity contribution in [2.75, 3.05) is 13.4 Å². The number of Topliss-reactive ketones (excluding diaryl/α,β-unsaturated/α-hetero) is 1. The van der Waals surface area contributed by atoms with Gasteiger partial charge < -0.3 is 19.3 Å². The fraction of sp³-hybridized carbons (Fsp3) is 0.552. The average Bonchev–Trinajstić information content (AvgIpc) is 2.70. The molecule has 1 heterocycles. The zero-order valence-electron chi connectivity index (χ0n) is 23.1. The minimum Gasteiger partial charge on any atom is -0.507 e. The van der Waals surface area contributed by atoms with Crippen LogP contribution in [0, 0.1) is 0 Å². The van der Waals surface area contributed by atoms with Gasteiger partial charge in [0, 0.05) is 20.2 Å². The second-order valence-corrected chi connectivity index (χ2v) is 17.0. The summed E-state index contributed by atoms with van der Waals surface area (Å²) in [5.74, 6) is 0.579. The summed E-state index contributed by atoms with van der Waals surface area (Å²) in [5, 5.41) is 11.3. The first kappa shape index (κ1) is 28.9. The van der Waals surface area contributed by atoms with Crippen molar-refractivity contribution >= 4 is 19.9 Å². The molecule has 0 spiro atoms. The third-order valence-electron chi connectivity index (χ3n) is 5.99. The van der Waals surface area contributed by atoms with Gasteiger partial charge in [-0.1, -0.05) is 42.9 Å². The second kappa shape index (κ2) is 12.1. The van der Waals surface area contributed by atoms with Crippen LogP contribution < -0.4 is 9.47 Å². The Morgan fingerprint density at radius 2 is 1.77 bits per heavy atom. The molecule has 1 aromatic rings. The summed E-state index contributed by atoms with van der Waals surface area (Å²) in [7, 11) is -1.21. The Bertz CT molecular complexity index is 1010. The van der Waals surface area contributed by atoms with E-state index >= 15 is 0 Å². The maximum Gasteiger partial charge on any atom is 0.189 e. The van der Waals surface area contributed by atoms with E-state index in [4.69, 9.17) is 14.2 Å². The maximum atomic E-state index is 12.7. The van der Waals surface area contributed by atoms with E-state index in [1.165, 1.54) is 12.5 Å². The number of rotatable bonds is 12. The van der Waals surface area contributed by atoms with Crippen LogP contribution in [0.1, 0.15) is 75.9 Å². The summed E-state index contributed by atoms with van der Waals surface area (Å²) < 4.78 is 18.4. The number of fused-ring (bicyclic) bond motifs is 1. The molecule has 0 fully saturated rings.